The molecule has 0 saturated heterocycles. The van der Waals surface area contributed by atoms with Gasteiger partial charge in [-0.3, -0.25) is 4.79 Å². The summed E-state index contributed by atoms with van der Waals surface area (Å²) >= 11 is 5.96. The number of pyridine rings is 1. The second kappa shape index (κ2) is 4.51. The monoisotopic (exact) mass is 238 g/mol. The Morgan fingerprint density at radius 1 is 1.62 bits per heavy atom. The quantitative estimate of drug-likeness (QED) is 0.739. The topological polar surface area (TPSA) is 83.8 Å². The van der Waals surface area contributed by atoms with Crippen molar-refractivity contribution in [3.05, 3.63) is 29.0 Å². The van der Waals surface area contributed by atoms with Crippen molar-refractivity contribution < 1.29 is 4.79 Å². The predicted molar refractivity (Wildman–Crippen MR) is 62.0 cm³/mol. The third-order valence-electron chi connectivity index (χ3n) is 2.21. The van der Waals surface area contributed by atoms with E-state index in [2.05, 4.69) is 15.3 Å². The lowest BCUT2D eigenvalue weighted by Crippen LogP contribution is -2.29. The van der Waals surface area contributed by atoms with Gasteiger partial charge in [0.05, 0.1) is 11.6 Å². The number of amides is 1. The standard InChI is InChI=1S/C10H11ClN4O/c11-8-5-15-10-7(8)1-6(4-14-10)3-13-9(16)2-12/h1,4-5H,2-3,12H2,(H,13,16)(H,14,15). The molecule has 0 aliphatic heterocycles. The average molecular weight is 239 g/mol. The Morgan fingerprint density at radius 2 is 2.44 bits per heavy atom. The Labute approximate surface area is 97.0 Å². The summed E-state index contributed by atoms with van der Waals surface area (Å²) in [6.07, 6.45) is 3.37. The number of halogens is 1. The van der Waals surface area contributed by atoms with Gasteiger partial charge in [0.1, 0.15) is 5.65 Å². The first-order valence-electron chi connectivity index (χ1n) is 4.79. The number of aromatic amines is 1. The third kappa shape index (κ3) is 2.15. The minimum absolute atomic E-state index is 0.0133. The molecular weight excluding hydrogens is 228 g/mol. The average Bonchev–Trinajstić information content (AvgIpc) is 2.68. The van der Waals surface area contributed by atoms with Gasteiger partial charge in [-0.05, 0) is 11.6 Å². The van der Waals surface area contributed by atoms with Crippen LogP contribution in [0.2, 0.25) is 5.02 Å². The molecule has 2 rings (SSSR count). The number of H-pyrrole nitrogens is 1. The van der Waals surface area contributed by atoms with Crippen LogP contribution in [0.4, 0.5) is 0 Å². The van der Waals surface area contributed by atoms with Crippen LogP contribution in [0, 0.1) is 0 Å². The molecule has 0 aliphatic rings. The van der Waals surface area contributed by atoms with Gasteiger partial charge in [-0.2, -0.15) is 0 Å². The van der Waals surface area contributed by atoms with Crippen molar-refractivity contribution in [2.75, 3.05) is 6.54 Å². The molecule has 1 amide bonds. The zero-order valence-corrected chi connectivity index (χ0v) is 9.21. The Bertz CT molecular complexity index is 523. The fourth-order valence-electron chi connectivity index (χ4n) is 1.38. The van der Waals surface area contributed by atoms with Gasteiger partial charge < -0.3 is 16.0 Å². The lowest BCUT2D eigenvalue weighted by molar-refractivity contribution is -0.119. The highest BCUT2D eigenvalue weighted by Gasteiger charge is 2.04. The van der Waals surface area contributed by atoms with E-state index < -0.39 is 0 Å². The van der Waals surface area contributed by atoms with Crippen LogP contribution in [0.1, 0.15) is 5.56 Å². The van der Waals surface area contributed by atoms with Crippen LogP contribution in [0.25, 0.3) is 11.0 Å². The second-order valence-electron chi connectivity index (χ2n) is 3.36. The van der Waals surface area contributed by atoms with Crippen molar-refractivity contribution in [3.63, 3.8) is 0 Å². The van der Waals surface area contributed by atoms with Crippen LogP contribution in [0.5, 0.6) is 0 Å². The number of carbonyl (C=O) groups is 1. The maximum atomic E-state index is 11.0. The van der Waals surface area contributed by atoms with Crippen molar-refractivity contribution in [2.24, 2.45) is 5.73 Å². The molecule has 0 aromatic carbocycles. The van der Waals surface area contributed by atoms with Crippen molar-refractivity contribution in [3.8, 4) is 0 Å². The van der Waals surface area contributed by atoms with Gasteiger partial charge in [-0.25, -0.2) is 4.98 Å². The molecule has 4 N–H and O–H groups in total. The number of aromatic nitrogens is 2. The Morgan fingerprint density at radius 3 is 3.19 bits per heavy atom. The third-order valence-corrected chi connectivity index (χ3v) is 2.53. The number of rotatable bonds is 3. The maximum absolute atomic E-state index is 11.0. The Kier molecular flexibility index (Phi) is 3.07. The molecule has 0 fully saturated rings. The van der Waals surface area contributed by atoms with E-state index in [0.717, 1.165) is 16.6 Å². The molecule has 0 unspecified atom stereocenters. The largest absolute Gasteiger partial charge is 0.351 e. The molecular formula is C10H11ClN4O. The van der Waals surface area contributed by atoms with Crippen molar-refractivity contribution in [1.82, 2.24) is 15.3 Å². The first-order valence-corrected chi connectivity index (χ1v) is 5.17. The Hall–Kier alpha value is -1.59. The summed E-state index contributed by atoms with van der Waals surface area (Å²) in [7, 11) is 0. The van der Waals surface area contributed by atoms with Gasteiger partial charge in [0, 0.05) is 24.3 Å². The van der Waals surface area contributed by atoms with E-state index in [4.69, 9.17) is 17.3 Å². The summed E-state index contributed by atoms with van der Waals surface area (Å²) < 4.78 is 0. The molecule has 2 heterocycles. The molecule has 0 radical (unpaired) electrons. The molecule has 0 saturated carbocycles. The highest BCUT2D eigenvalue weighted by Crippen LogP contribution is 2.21. The summed E-state index contributed by atoms with van der Waals surface area (Å²) in [6, 6.07) is 1.89. The SMILES string of the molecule is NCC(=O)NCc1cnc2[nH]cc(Cl)c2c1. The van der Waals surface area contributed by atoms with Crippen LogP contribution in [0.15, 0.2) is 18.5 Å². The van der Waals surface area contributed by atoms with Crippen LogP contribution in [-0.2, 0) is 11.3 Å². The minimum atomic E-state index is -0.194. The summed E-state index contributed by atoms with van der Waals surface area (Å²) in [5, 5.41) is 4.14. The molecule has 6 heteroatoms. The summed E-state index contributed by atoms with van der Waals surface area (Å²) in [4.78, 5) is 18.1. The number of nitrogens with zero attached hydrogens (tertiary/aromatic N) is 1. The maximum Gasteiger partial charge on any atom is 0.234 e. The number of fused-ring (bicyclic) bond motifs is 1. The van der Waals surface area contributed by atoms with E-state index in [1.165, 1.54) is 0 Å². The fourth-order valence-corrected chi connectivity index (χ4v) is 1.58. The first-order chi connectivity index (χ1) is 7.70. The zero-order valence-electron chi connectivity index (χ0n) is 8.46. The highest BCUT2D eigenvalue weighted by molar-refractivity contribution is 6.35. The van der Waals surface area contributed by atoms with E-state index in [-0.39, 0.29) is 12.5 Å². The second-order valence-corrected chi connectivity index (χ2v) is 3.76. The summed E-state index contributed by atoms with van der Waals surface area (Å²) in [5.74, 6) is -0.194. The zero-order chi connectivity index (χ0) is 11.5. The van der Waals surface area contributed by atoms with Crippen LogP contribution < -0.4 is 11.1 Å². The smallest absolute Gasteiger partial charge is 0.234 e. The lowest BCUT2D eigenvalue weighted by Gasteiger charge is -2.03. The number of carbonyl (C=O) groups excluding carboxylic acids is 1. The lowest BCUT2D eigenvalue weighted by atomic mass is 10.2. The fraction of sp³-hybridized carbons (Fsp3) is 0.200. The van der Waals surface area contributed by atoms with Crippen molar-refractivity contribution >= 4 is 28.5 Å². The van der Waals surface area contributed by atoms with Gasteiger partial charge >= 0.3 is 0 Å². The molecule has 2 aromatic rings. The molecule has 0 atom stereocenters. The van der Waals surface area contributed by atoms with Gasteiger partial charge in [-0.1, -0.05) is 11.6 Å². The molecule has 0 spiro atoms. The van der Waals surface area contributed by atoms with E-state index >= 15 is 0 Å². The molecule has 2 aromatic heterocycles. The van der Waals surface area contributed by atoms with E-state index in [1.807, 2.05) is 6.07 Å². The molecule has 0 bridgehead atoms. The molecule has 5 nitrogen and oxygen atoms in total. The number of nitrogens with two attached hydrogens (primary N) is 1. The predicted octanol–water partition coefficient (Wildman–Crippen LogP) is 0.791. The summed E-state index contributed by atoms with van der Waals surface area (Å²) in [5.41, 5.74) is 6.80. The van der Waals surface area contributed by atoms with E-state index in [9.17, 15) is 4.79 Å². The van der Waals surface area contributed by atoms with Gasteiger partial charge in [0.15, 0.2) is 0 Å². The highest BCUT2D eigenvalue weighted by atomic mass is 35.5. The van der Waals surface area contributed by atoms with Crippen LogP contribution in [0.3, 0.4) is 0 Å². The van der Waals surface area contributed by atoms with Gasteiger partial charge in [-0.15, -0.1) is 0 Å². The first kappa shape index (κ1) is 10.9. The Balaban J connectivity index is 2.19. The van der Waals surface area contributed by atoms with Crippen molar-refractivity contribution in [2.45, 2.75) is 6.54 Å². The number of nitrogens with one attached hydrogen (secondary N) is 2. The van der Waals surface area contributed by atoms with E-state index in [1.54, 1.807) is 12.4 Å². The van der Waals surface area contributed by atoms with Crippen LogP contribution >= 0.6 is 11.6 Å². The molecule has 84 valence electrons. The minimum Gasteiger partial charge on any atom is -0.351 e. The number of hydrogen-bond donors (Lipinski definition) is 3. The van der Waals surface area contributed by atoms with E-state index in [0.29, 0.717) is 11.6 Å². The van der Waals surface area contributed by atoms with Crippen molar-refractivity contribution in [1.29, 1.82) is 0 Å². The molecule has 0 aliphatic carbocycles. The van der Waals surface area contributed by atoms with Gasteiger partial charge in [0.25, 0.3) is 0 Å². The molecule has 16 heavy (non-hydrogen) atoms. The normalized spacial score (nSPS) is 10.6. The summed E-state index contributed by atoms with van der Waals surface area (Å²) in [6.45, 7) is 0.390. The van der Waals surface area contributed by atoms with Gasteiger partial charge in [0.2, 0.25) is 5.91 Å². The van der Waals surface area contributed by atoms with Crippen LogP contribution in [-0.4, -0.2) is 22.4 Å². The number of hydrogen-bond acceptors (Lipinski definition) is 3.